The molecule has 7 heteroatoms. The molecule has 32 heavy (non-hydrogen) atoms. The Morgan fingerprint density at radius 2 is 1.62 bits per heavy atom. The summed E-state index contributed by atoms with van der Waals surface area (Å²) in [6.07, 6.45) is -0.165. The van der Waals surface area contributed by atoms with Crippen LogP contribution in [0.15, 0.2) is 60.7 Å². The highest BCUT2D eigenvalue weighted by Crippen LogP contribution is 2.34. The van der Waals surface area contributed by atoms with Crippen molar-refractivity contribution in [2.24, 2.45) is 5.92 Å². The zero-order valence-corrected chi connectivity index (χ0v) is 18.3. The molecular weight excluding hydrogens is 426 g/mol. The highest BCUT2D eigenvalue weighted by atomic mass is 35.5. The number of ether oxygens (including phenoxy) is 3. The summed E-state index contributed by atoms with van der Waals surface area (Å²) in [5, 5.41) is 0.553. The molecule has 0 bridgehead atoms. The van der Waals surface area contributed by atoms with Crippen LogP contribution >= 0.6 is 11.6 Å². The molecule has 0 saturated carbocycles. The highest BCUT2D eigenvalue weighted by molar-refractivity contribution is 6.33. The van der Waals surface area contributed by atoms with Crippen molar-refractivity contribution in [2.75, 3.05) is 13.2 Å². The Bertz CT molecular complexity index is 1260. The van der Waals surface area contributed by atoms with Crippen LogP contribution in [0.1, 0.15) is 6.92 Å². The molecule has 0 radical (unpaired) electrons. The van der Waals surface area contributed by atoms with Crippen molar-refractivity contribution in [2.45, 2.75) is 25.2 Å². The van der Waals surface area contributed by atoms with Gasteiger partial charge in [-0.25, -0.2) is 4.98 Å². The number of hydrogen-bond acceptors (Lipinski definition) is 5. The van der Waals surface area contributed by atoms with Gasteiger partial charge in [0.1, 0.15) is 6.10 Å². The molecular formula is C25H22ClN3O3. The van der Waals surface area contributed by atoms with Crippen molar-refractivity contribution in [3.8, 4) is 28.4 Å². The van der Waals surface area contributed by atoms with E-state index in [1.807, 2.05) is 36.4 Å². The lowest BCUT2D eigenvalue weighted by atomic mass is 10.0. The molecule has 4 atom stereocenters. The molecule has 0 spiro atoms. The molecule has 2 aromatic heterocycles. The topological polar surface area (TPSA) is 69.3 Å². The van der Waals surface area contributed by atoms with Crippen molar-refractivity contribution in [3.05, 3.63) is 65.7 Å². The van der Waals surface area contributed by atoms with Crippen molar-refractivity contribution >= 4 is 22.8 Å². The standard InChI is InChI=1S/C25H22ClN3O3/c1-14-12-30-23-20(13-31-22(14)23)32-25-27-19-11-18(26)21(28-24(19)29-25)17-9-7-16(8-10-17)15-5-3-2-4-6-15/h2-11,14,20,22-23H,12-13H2,1H3,(H,27,28,29)/t14-,20-,22-,23-/m1/s1. The van der Waals surface area contributed by atoms with Gasteiger partial charge in [0.25, 0.3) is 6.01 Å². The fraction of sp³-hybridized carbons (Fsp3) is 0.280. The third-order valence-corrected chi connectivity index (χ3v) is 6.48. The monoisotopic (exact) mass is 447 g/mol. The predicted molar refractivity (Wildman–Crippen MR) is 123 cm³/mol. The molecule has 2 aromatic carbocycles. The smallest absolute Gasteiger partial charge is 0.296 e. The number of nitrogens with one attached hydrogen (secondary N) is 1. The van der Waals surface area contributed by atoms with E-state index < -0.39 is 0 Å². The number of fused-ring (bicyclic) bond motifs is 2. The van der Waals surface area contributed by atoms with Gasteiger partial charge in [-0.15, -0.1) is 0 Å². The summed E-state index contributed by atoms with van der Waals surface area (Å²) >= 11 is 6.57. The van der Waals surface area contributed by atoms with Crippen LogP contribution in [0, 0.1) is 5.92 Å². The minimum absolute atomic E-state index is 0.0616. The van der Waals surface area contributed by atoms with E-state index in [1.54, 1.807) is 0 Å². The van der Waals surface area contributed by atoms with Crippen LogP contribution in [0.5, 0.6) is 6.01 Å². The van der Waals surface area contributed by atoms with E-state index in [0.29, 0.717) is 41.5 Å². The molecule has 4 heterocycles. The molecule has 6 rings (SSSR count). The quantitative estimate of drug-likeness (QED) is 0.470. The van der Waals surface area contributed by atoms with Crippen molar-refractivity contribution in [3.63, 3.8) is 0 Å². The molecule has 0 unspecified atom stereocenters. The number of hydrogen-bond donors (Lipinski definition) is 1. The van der Waals surface area contributed by atoms with Gasteiger partial charge < -0.3 is 19.2 Å². The van der Waals surface area contributed by atoms with Crippen LogP contribution in [0.4, 0.5) is 0 Å². The van der Waals surface area contributed by atoms with Gasteiger partial charge in [0.05, 0.1) is 35.6 Å². The first-order valence-electron chi connectivity index (χ1n) is 10.8. The molecule has 0 aliphatic carbocycles. The number of pyridine rings is 1. The van der Waals surface area contributed by atoms with Crippen LogP contribution in [0.3, 0.4) is 0 Å². The summed E-state index contributed by atoms with van der Waals surface area (Å²) < 4.78 is 17.8. The first-order valence-corrected chi connectivity index (χ1v) is 11.2. The second-order valence-corrected chi connectivity index (χ2v) is 8.81. The fourth-order valence-corrected chi connectivity index (χ4v) is 4.77. The van der Waals surface area contributed by atoms with Crippen molar-refractivity contribution in [1.82, 2.24) is 15.0 Å². The summed E-state index contributed by atoms with van der Waals surface area (Å²) in [5.74, 6) is 0.376. The summed E-state index contributed by atoms with van der Waals surface area (Å²) in [6, 6.07) is 20.7. The molecule has 2 fully saturated rings. The number of H-pyrrole nitrogens is 1. The maximum atomic E-state index is 6.57. The SMILES string of the molecule is C[C@@H]1CO[C@H]2[C@@H]1OC[C@H]2Oc1nc2nc(-c3ccc(-c4ccccc4)cc3)c(Cl)cc2[nH]1. The Morgan fingerprint density at radius 3 is 2.44 bits per heavy atom. The minimum atomic E-state index is -0.189. The van der Waals surface area contributed by atoms with Crippen LogP contribution in [0.25, 0.3) is 33.5 Å². The number of benzene rings is 2. The lowest BCUT2D eigenvalue weighted by Crippen LogP contribution is -2.33. The average molecular weight is 448 g/mol. The molecule has 2 aliphatic rings. The van der Waals surface area contributed by atoms with E-state index in [-0.39, 0.29) is 18.3 Å². The number of aromatic amines is 1. The van der Waals surface area contributed by atoms with Crippen LogP contribution in [-0.2, 0) is 9.47 Å². The molecule has 1 N–H and O–H groups in total. The number of nitrogens with zero attached hydrogens (tertiary/aromatic N) is 2. The lowest BCUT2D eigenvalue weighted by molar-refractivity contribution is 0.0262. The van der Waals surface area contributed by atoms with Gasteiger partial charge in [-0.3, -0.25) is 0 Å². The summed E-state index contributed by atoms with van der Waals surface area (Å²) in [6.45, 7) is 3.32. The zero-order valence-electron chi connectivity index (χ0n) is 17.5. The largest absolute Gasteiger partial charge is 0.456 e. The third kappa shape index (κ3) is 3.45. The maximum Gasteiger partial charge on any atom is 0.296 e. The third-order valence-electron chi connectivity index (χ3n) is 6.19. The Labute approximate surface area is 190 Å². The predicted octanol–water partition coefficient (Wildman–Crippen LogP) is 5.13. The number of aromatic nitrogens is 3. The minimum Gasteiger partial charge on any atom is -0.456 e. The second kappa shape index (κ2) is 7.89. The van der Waals surface area contributed by atoms with Crippen molar-refractivity contribution < 1.29 is 14.2 Å². The molecule has 162 valence electrons. The Hall–Kier alpha value is -2.93. The van der Waals surface area contributed by atoms with Crippen LogP contribution < -0.4 is 4.74 Å². The summed E-state index contributed by atoms with van der Waals surface area (Å²) in [4.78, 5) is 12.4. The number of rotatable bonds is 4. The van der Waals surface area contributed by atoms with Crippen molar-refractivity contribution in [1.29, 1.82) is 0 Å². The molecule has 6 nitrogen and oxygen atoms in total. The van der Waals surface area contributed by atoms with Gasteiger partial charge in [-0.05, 0) is 17.2 Å². The molecule has 2 aliphatic heterocycles. The highest BCUT2D eigenvalue weighted by Gasteiger charge is 2.47. The average Bonchev–Trinajstić information content (AvgIpc) is 3.51. The van der Waals surface area contributed by atoms with Crippen LogP contribution in [-0.4, -0.2) is 46.5 Å². The lowest BCUT2D eigenvalue weighted by Gasteiger charge is -2.15. The fourth-order valence-electron chi connectivity index (χ4n) is 4.50. The molecule has 2 saturated heterocycles. The van der Waals surface area contributed by atoms with E-state index in [2.05, 4.69) is 41.2 Å². The van der Waals surface area contributed by atoms with E-state index in [0.717, 1.165) is 16.6 Å². The van der Waals surface area contributed by atoms with Gasteiger partial charge in [-0.2, -0.15) is 4.98 Å². The van der Waals surface area contributed by atoms with Gasteiger partial charge in [0.15, 0.2) is 11.8 Å². The first kappa shape index (κ1) is 19.7. The van der Waals surface area contributed by atoms with Gasteiger partial charge in [-0.1, -0.05) is 73.1 Å². The van der Waals surface area contributed by atoms with E-state index >= 15 is 0 Å². The number of halogens is 1. The van der Waals surface area contributed by atoms with Crippen LogP contribution in [0.2, 0.25) is 5.02 Å². The van der Waals surface area contributed by atoms with E-state index in [4.69, 9.17) is 30.8 Å². The molecule has 0 amide bonds. The normalized spacial score (nSPS) is 24.7. The first-order chi connectivity index (χ1) is 15.7. The molecule has 4 aromatic rings. The Balaban J connectivity index is 1.26. The Morgan fingerprint density at radius 1 is 0.906 bits per heavy atom. The summed E-state index contributed by atoms with van der Waals surface area (Å²) in [7, 11) is 0. The number of imidazole rings is 1. The maximum absolute atomic E-state index is 6.57. The van der Waals surface area contributed by atoms with E-state index in [9.17, 15) is 0 Å². The van der Waals surface area contributed by atoms with Gasteiger partial charge >= 0.3 is 0 Å². The van der Waals surface area contributed by atoms with Gasteiger partial charge in [0.2, 0.25) is 0 Å². The second-order valence-electron chi connectivity index (χ2n) is 8.40. The zero-order chi connectivity index (χ0) is 21.7. The summed E-state index contributed by atoms with van der Waals surface area (Å²) in [5.41, 5.74) is 5.22. The Kier molecular flexibility index (Phi) is 4.86. The van der Waals surface area contributed by atoms with E-state index in [1.165, 1.54) is 5.56 Å². The van der Waals surface area contributed by atoms with Gasteiger partial charge in [0, 0.05) is 11.5 Å².